The molecule has 6 heteroatoms. The van der Waals surface area contributed by atoms with Crippen molar-refractivity contribution in [1.82, 2.24) is 9.55 Å². The van der Waals surface area contributed by atoms with Crippen molar-refractivity contribution in [3.8, 4) is 0 Å². The van der Waals surface area contributed by atoms with Crippen LogP contribution in [-0.2, 0) is 19.1 Å². The van der Waals surface area contributed by atoms with Gasteiger partial charge in [0.1, 0.15) is 5.82 Å². The van der Waals surface area contributed by atoms with Crippen LogP contribution >= 0.6 is 0 Å². The third kappa shape index (κ3) is 4.10. The molecule has 22 heavy (non-hydrogen) atoms. The van der Waals surface area contributed by atoms with Crippen molar-refractivity contribution in [3.63, 3.8) is 0 Å². The molecule has 0 aliphatic carbocycles. The monoisotopic (exact) mass is 312 g/mol. The molecule has 1 atom stereocenters. The molecule has 2 aromatic rings. The number of hydrogen-bond donors (Lipinski definition) is 1. The van der Waals surface area contributed by atoms with Gasteiger partial charge in [-0.2, -0.15) is 13.2 Å². The van der Waals surface area contributed by atoms with Crippen molar-refractivity contribution in [3.05, 3.63) is 53.6 Å². The topological polar surface area (TPSA) is 38.0 Å². The summed E-state index contributed by atoms with van der Waals surface area (Å²) in [6.07, 6.45) is -1.23. The normalized spacial score (nSPS) is 13.6. The second-order valence-electron chi connectivity index (χ2n) is 5.65. The Bertz CT molecular complexity index is 603. The van der Waals surface area contributed by atoms with Crippen LogP contribution in [0.3, 0.4) is 0 Å². The van der Waals surface area contributed by atoms with Crippen LogP contribution in [-0.4, -0.2) is 20.8 Å². The maximum Gasteiger partial charge on any atom is 0.416 e. The fourth-order valence-corrected chi connectivity index (χ4v) is 2.37. The number of nitrogens with zero attached hydrogens (tertiary/aromatic N) is 2. The fourth-order valence-electron chi connectivity index (χ4n) is 2.37. The zero-order valence-electron chi connectivity index (χ0n) is 12.5. The molecular weight excluding hydrogens is 293 g/mol. The van der Waals surface area contributed by atoms with Crippen LogP contribution in [0.25, 0.3) is 0 Å². The Morgan fingerprint density at radius 3 is 2.36 bits per heavy atom. The summed E-state index contributed by atoms with van der Waals surface area (Å²) >= 11 is 0. The molecule has 1 unspecified atom stereocenters. The zero-order valence-corrected chi connectivity index (χ0v) is 12.5. The predicted molar refractivity (Wildman–Crippen MR) is 77.5 cm³/mol. The minimum atomic E-state index is -4.33. The number of imidazole rings is 1. The predicted octanol–water partition coefficient (Wildman–Crippen LogP) is 3.63. The van der Waals surface area contributed by atoms with Gasteiger partial charge in [0, 0.05) is 24.7 Å². The van der Waals surface area contributed by atoms with Crippen LogP contribution < -0.4 is 0 Å². The van der Waals surface area contributed by atoms with Crippen molar-refractivity contribution in [2.45, 2.75) is 45.0 Å². The highest BCUT2D eigenvalue weighted by atomic mass is 19.4. The van der Waals surface area contributed by atoms with Gasteiger partial charge in [0.05, 0.1) is 18.2 Å². The molecule has 1 heterocycles. The molecular formula is C16H19F3N2O. The number of aliphatic hydroxyl groups is 1. The van der Waals surface area contributed by atoms with Crippen LogP contribution in [0, 0.1) is 0 Å². The molecule has 0 saturated carbocycles. The van der Waals surface area contributed by atoms with E-state index in [4.69, 9.17) is 0 Å². The van der Waals surface area contributed by atoms with Gasteiger partial charge in [0.25, 0.3) is 0 Å². The third-order valence-electron chi connectivity index (χ3n) is 3.42. The van der Waals surface area contributed by atoms with Crippen molar-refractivity contribution >= 4 is 0 Å². The molecule has 0 fully saturated rings. The second kappa shape index (κ2) is 6.52. The van der Waals surface area contributed by atoms with E-state index in [1.165, 1.54) is 12.1 Å². The first-order valence-corrected chi connectivity index (χ1v) is 7.12. The van der Waals surface area contributed by atoms with E-state index in [2.05, 4.69) is 4.98 Å². The Morgan fingerprint density at radius 1 is 1.18 bits per heavy atom. The van der Waals surface area contributed by atoms with Crippen molar-refractivity contribution in [1.29, 1.82) is 0 Å². The average molecular weight is 312 g/mol. The minimum absolute atomic E-state index is 0.244. The first-order chi connectivity index (χ1) is 10.3. The van der Waals surface area contributed by atoms with Crippen LogP contribution in [0.15, 0.2) is 36.7 Å². The number of benzene rings is 1. The zero-order chi connectivity index (χ0) is 16.3. The summed E-state index contributed by atoms with van der Waals surface area (Å²) in [5.74, 6) is 1.12. The Balaban J connectivity index is 2.00. The lowest BCUT2D eigenvalue weighted by atomic mass is 10.1. The first-order valence-electron chi connectivity index (χ1n) is 7.12. The summed E-state index contributed by atoms with van der Waals surface area (Å²) in [4.78, 5) is 4.24. The Labute approximate surface area is 127 Å². The molecule has 2 rings (SSSR count). The lowest BCUT2D eigenvalue weighted by Gasteiger charge is -2.15. The number of rotatable bonds is 5. The standard InChI is InChI=1S/C16H19F3N2O/c1-11(2)15-20-7-8-21(15)10-14(22)9-12-3-5-13(6-4-12)16(17,18)19/h3-8,11,14,22H,9-10H2,1-2H3. The summed E-state index contributed by atoms with van der Waals surface area (Å²) < 4.78 is 39.4. The lowest BCUT2D eigenvalue weighted by Crippen LogP contribution is -2.20. The summed E-state index contributed by atoms with van der Waals surface area (Å²) in [6, 6.07) is 4.89. The Morgan fingerprint density at radius 2 is 1.82 bits per heavy atom. The summed E-state index contributed by atoms with van der Waals surface area (Å²) in [6.45, 7) is 4.40. The van der Waals surface area contributed by atoms with Crippen molar-refractivity contribution in [2.75, 3.05) is 0 Å². The largest absolute Gasteiger partial charge is 0.416 e. The molecule has 0 amide bonds. The van der Waals surface area contributed by atoms with Gasteiger partial charge in [-0.15, -0.1) is 0 Å². The quantitative estimate of drug-likeness (QED) is 0.915. The summed E-state index contributed by atoms with van der Waals surface area (Å²) in [5, 5.41) is 10.1. The van der Waals surface area contributed by atoms with Gasteiger partial charge < -0.3 is 9.67 Å². The maximum absolute atomic E-state index is 12.5. The van der Waals surface area contributed by atoms with E-state index in [0.29, 0.717) is 18.5 Å². The van der Waals surface area contributed by atoms with Gasteiger partial charge in [-0.3, -0.25) is 0 Å². The van der Waals surface area contributed by atoms with E-state index < -0.39 is 17.8 Å². The van der Waals surface area contributed by atoms with E-state index in [1.807, 2.05) is 18.4 Å². The highest BCUT2D eigenvalue weighted by Gasteiger charge is 2.29. The van der Waals surface area contributed by atoms with Crippen molar-refractivity contribution < 1.29 is 18.3 Å². The molecule has 0 radical (unpaired) electrons. The minimum Gasteiger partial charge on any atom is -0.391 e. The fraction of sp³-hybridized carbons (Fsp3) is 0.438. The lowest BCUT2D eigenvalue weighted by molar-refractivity contribution is -0.137. The smallest absolute Gasteiger partial charge is 0.391 e. The molecule has 0 bridgehead atoms. The highest BCUT2D eigenvalue weighted by Crippen LogP contribution is 2.29. The van der Waals surface area contributed by atoms with E-state index in [1.54, 1.807) is 12.4 Å². The molecule has 120 valence electrons. The number of halogens is 3. The number of aliphatic hydroxyl groups excluding tert-OH is 1. The third-order valence-corrected chi connectivity index (χ3v) is 3.42. The van der Waals surface area contributed by atoms with Crippen LogP contribution in [0.2, 0.25) is 0 Å². The van der Waals surface area contributed by atoms with E-state index in [-0.39, 0.29) is 5.92 Å². The SMILES string of the molecule is CC(C)c1nccn1CC(O)Cc1ccc(C(F)(F)F)cc1. The molecule has 0 aliphatic heterocycles. The van der Waals surface area contributed by atoms with E-state index in [0.717, 1.165) is 18.0 Å². The molecule has 0 saturated heterocycles. The van der Waals surface area contributed by atoms with Gasteiger partial charge in [-0.25, -0.2) is 4.98 Å². The molecule has 1 aromatic heterocycles. The van der Waals surface area contributed by atoms with E-state index >= 15 is 0 Å². The number of hydrogen-bond acceptors (Lipinski definition) is 2. The summed E-state index contributed by atoms with van der Waals surface area (Å²) in [7, 11) is 0. The van der Waals surface area contributed by atoms with Crippen LogP contribution in [0.4, 0.5) is 13.2 Å². The second-order valence-corrected chi connectivity index (χ2v) is 5.65. The Kier molecular flexibility index (Phi) is 4.90. The number of alkyl halides is 3. The molecule has 1 N–H and O–H groups in total. The summed E-state index contributed by atoms with van der Waals surface area (Å²) in [5.41, 5.74) is -0.00541. The van der Waals surface area contributed by atoms with Crippen molar-refractivity contribution in [2.24, 2.45) is 0 Å². The van der Waals surface area contributed by atoms with E-state index in [9.17, 15) is 18.3 Å². The van der Waals surface area contributed by atoms with Gasteiger partial charge in [0.2, 0.25) is 0 Å². The molecule has 0 aliphatic rings. The maximum atomic E-state index is 12.5. The van der Waals surface area contributed by atoms with Crippen LogP contribution in [0.5, 0.6) is 0 Å². The van der Waals surface area contributed by atoms with Crippen LogP contribution in [0.1, 0.15) is 36.7 Å². The molecule has 1 aromatic carbocycles. The first kappa shape index (κ1) is 16.5. The van der Waals surface area contributed by atoms with Gasteiger partial charge >= 0.3 is 6.18 Å². The van der Waals surface area contributed by atoms with Gasteiger partial charge in [0.15, 0.2) is 0 Å². The molecule has 3 nitrogen and oxygen atoms in total. The average Bonchev–Trinajstić information content (AvgIpc) is 2.86. The number of aromatic nitrogens is 2. The Hall–Kier alpha value is -1.82. The molecule has 0 spiro atoms. The van der Waals surface area contributed by atoms with Gasteiger partial charge in [-0.1, -0.05) is 26.0 Å². The highest BCUT2D eigenvalue weighted by molar-refractivity contribution is 5.25. The van der Waals surface area contributed by atoms with Gasteiger partial charge in [-0.05, 0) is 17.7 Å².